The first-order valence-electron chi connectivity index (χ1n) is 16.0. The molecule has 0 bridgehead atoms. The molecule has 0 saturated heterocycles. The lowest BCUT2D eigenvalue weighted by Crippen LogP contribution is -2.14. The topological polar surface area (TPSA) is 51.3 Å². The molecule has 5 nitrogen and oxygen atoms in total. The standard InChI is InChI=1S/C41H31F4N3O2/c1-24-17-26(3)38-33(19-24)34-20-25(2)18-27(4)39(34)47(38)37-22-28(32-23-29(42)15-16-35(32)41(43,44)45)21-36(40(37)48(49)50)46(30-11-7-5-8-12-30)31-13-9-6-10-14-31/h5-23H,1-4H3. The summed E-state index contributed by atoms with van der Waals surface area (Å²) in [4.78, 5) is 14.7. The molecule has 1 heterocycles. The van der Waals surface area contributed by atoms with Crippen LogP contribution in [0.2, 0.25) is 0 Å². The lowest BCUT2D eigenvalue weighted by atomic mass is 9.96. The number of aryl methyl sites for hydroxylation is 4. The summed E-state index contributed by atoms with van der Waals surface area (Å²) in [5, 5.41) is 15.2. The number of para-hydroxylation sites is 2. The van der Waals surface area contributed by atoms with Crippen LogP contribution in [0.15, 0.2) is 115 Å². The van der Waals surface area contributed by atoms with Crippen LogP contribution >= 0.6 is 0 Å². The third-order valence-electron chi connectivity index (χ3n) is 8.99. The number of hydrogen-bond donors (Lipinski definition) is 0. The fraction of sp³-hybridized carbons (Fsp3) is 0.122. The average Bonchev–Trinajstić information content (AvgIpc) is 3.39. The molecule has 0 atom stereocenters. The Hall–Kier alpha value is -5.96. The SMILES string of the molecule is Cc1cc(C)c2c(c1)c1cc(C)cc(C)c1n2-c1cc(-c2cc(F)ccc2C(F)(F)F)cc(N(c2ccccc2)c2ccccc2)c1[N+](=O)[O-]. The van der Waals surface area contributed by atoms with E-state index in [9.17, 15) is 27.7 Å². The second kappa shape index (κ2) is 12.2. The van der Waals surface area contributed by atoms with Crippen molar-refractivity contribution in [2.24, 2.45) is 0 Å². The van der Waals surface area contributed by atoms with Gasteiger partial charge in [0.1, 0.15) is 17.2 Å². The maximum Gasteiger partial charge on any atom is 0.417 e. The minimum atomic E-state index is -4.83. The van der Waals surface area contributed by atoms with Gasteiger partial charge >= 0.3 is 11.9 Å². The van der Waals surface area contributed by atoms with Crippen molar-refractivity contribution in [3.63, 3.8) is 0 Å². The van der Waals surface area contributed by atoms with Crippen LogP contribution in [0, 0.1) is 43.6 Å². The summed E-state index contributed by atoms with van der Waals surface area (Å²) < 4.78 is 60.5. The molecule has 0 unspecified atom stereocenters. The number of nitro benzene ring substituents is 1. The third-order valence-corrected chi connectivity index (χ3v) is 8.99. The normalized spacial score (nSPS) is 11.8. The van der Waals surface area contributed by atoms with Crippen molar-refractivity contribution < 1.29 is 22.5 Å². The first-order valence-corrected chi connectivity index (χ1v) is 16.0. The van der Waals surface area contributed by atoms with Gasteiger partial charge in [0.05, 0.1) is 21.5 Å². The van der Waals surface area contributed by atoms with Gasteiger partial charge in [0.2, 0.25) is 0 Å². The highest BCUT2D eigenvalue weighted by Gasteiger charge is 2.36. The molecule has 50 heavy (non-hydrogen) atoms. The number of alkyl halides is 3. The molecule has 7 rings (SSSR count). The van der Waals surface area contributed by atoms with Gasteiger partial charge in [0.15, 0.2) is 0 Å². The van der Waals surface area contributed by atoms with Crippen LogP contribution in [-0.2, 0) is 6.18 Å². The highest BCUT2D eigenvalue weighted by Crippen LogP contribution is 2.49. The molecule has 0 saturated carbocycles. The van der Waals surface area contributed by atoms with Crippen molar-refractivity contribution in [3.8, 4) is 16.8 Å². The summed E-state index contributed by atoms with van der Waals surface area (Å²) in [7, 11) is 0. The zero-order valence-corrected chi connectivity index (χ0v) is 27.6. The van der Waals surface area contributed by atoms with E-state index in [-0.39, 0.29) is 22.6 Å². The van der Waals surface area contributed by atoms with Crippen LogP contribution in [-0.4, -0.2) is 9.49 Å². The highest BCUT2D eigenvalue weighted by atomic mass is 19.4. The van der Waals surface area contributed by atoms with Gasteiger partial charge in [-0.3, -0.25) is 10.1 Å². The van der Waals surface area contributed by atoms with Crippen molar-refractivity contribution in [3.05, 3.63) is 159 Å². The maximum absolute atomic E-state index is 14.9. The van der Waals surface area contributed by atoms with Gasteiger partial charge in [-0.05, 0) is 117 Å². The summed E-state index contributed by atoms with van der Waals surface area (Å²) in [6.45, 7) is 7.77. The van der Waals surface area contributed by atoms with E-state index in [1.54, 1.807) is 70.1 Å². The van der Waals surface area contributed by atoms with Crippen LogP contribution in [0.25, 0.3) is 38.6 Å². The lowest BCUT2D eigenvalue weighted by Gasteiger charge is -2.27. The summed E-state index contributed by atoms with van der Waals surface area (Å²) in [5.74, 6) is -0.869. The fourth-order valence-corrected chi connectivity index (χ4v) is 7.15. The van der Waals surface area contributed by atoms with E-state index in [0.717, 1.165) is 45.2 Å². The van der Waals surface area contributed by atoms with Crippen LogP contribution in [0.3, 0.4) is 0 Å². The Morgan fingerprint density at radius 3 is 1.68 bits per heavy atom. The monoisotopic (exact) mass is 673 g/mol. The zero-order chi connectivity index (χ0) is 35.5. The minimum absolute atomic E-state index is 0.0156. The second-order valence-corrected chi connectivity index (χ2v) is 12.6. The molecule has 1 aromatic heterocycles. The lowest BCUT2D eigenvalue weighted by molar-refractivity contribution is -0.383. The Labute approximate surface area is 285 Å². The minimum Gasteiger partial charge on any atom is -0.304 e. The third kappa shape index (κ3) is 5.54. The average molecular weight is 674 g/mol. The molecule has 0 amide bonds. The van der Waals surface area contributed by atoms with Crippen LogP contribution in [0.5, 0.6) is 0 Å². The predicted octanol–water partition coefficient (Wildman–Crippen LogP) is 12.2. The van der Waals surface area contributed by atoms with Crippen molar-refractivity contribution in [1.82, 2.24) is 4.57 Å². The molecule has 0 fully saturated rings. The number of nitrogens with zero attached hydrogens (tertiary/aromatic N) is 3. The number of fused-ring (bicyclic) bond motifs is 3. The smallest absolute Gasteiger partial charge is 0.304 e. The fourth-order valence-electron chi connectivity index (χ4n) is 7.15. The molecule has 0 N–H and O–H groups in total. The summed E-state index contributed by atoms with van der Waals surface area (Å²) in [5.41, 5.74) is 4.32. The number of halogens is 4. The molecule has 7 aromatic rings. The van der Waals surface area contributed by atoms with Crippen molar-refractivity contribution in [1.29, 1.82) is 0 Å². The van der Waals surface area contributed by atoms with Gasteiger partial charge in [0, 0.05) is 22.1 Å². The van der Waals surface area contributed by atoms with Crippen molar-refractivity contribution in [2.75, 3.05) is 4.90 Å². The molecule has 0 radical (unpaired) electrons. The molecule has 0 aliphatic carbocycles. The second-order valence-electron chi connectivity index (χ2n) is 12.6. The number of rotatable bonds is 6. The van der Waals surface area contributed by atoms with Gasteiger partial charge in [-0.1, -0.05) is 59.7 Å². The van der Waals surface area contributed by atoms with E-state index in [0.29, 0.717) is 28.5 Å². The summed E-state index contributed by atoms with van der Waals surface area (Å²) in [6.07, 6.45) is -4.83. The summed E-state index contributed by atoms with van der Waals surface area (Å²) >= 11 is 0. The number of nitro groups is 1. The first kappa shape index (κ1) is 32.6. The Bertz CT molecular complexity index is 2350. The molecule has 0 aliphatic heterocycles. The van der Waals surface area contributed by atoms with E-state index < -0.39 is 28.0 Å². The highest BCUT2D eigenvalue weighted by molar-refractivity contribution is 6.12. The molecular formula is C41H31F4N3O2. The Morgan fingerprint density at radius 1 is 0.680 bits per heavy atom. The first-order chi connectivity index (χ1) is 23.8. The Balaban J connectivity index is 1.73. The van der Waals surface area contributed by atoms with Crippen molar-refractivity contribution >= 4 is 44.6 Å². The van der Waals surface area contributed by atoms with Gasteiger partial charge < -0.3 is 9.47 Å². The van der Waals surface area contributed by atoms with Crippen LogP contribution in [0.1, 0.15) is 27.8 Å². The van der Waals surface area contributed by atoms with Gasteiger partial charge in [-0.2, -0.15) is 13.2 Å². The quantitative estimate of drug-likeness (QED) is 0.100. The van der Waals surface area contributed by atoms with Crippen molar-refractivity contribution in [2.45, 2.75) is 33.9 Å². The molecular weight excluding hydrogens is 642 g/mol. The number of anilines is 3. The van der Waals surface area contributed by atoms with Gasteiger partial charge in [0.25, 0.3) is 0 Å². The molecule has 0 spiro atoms. The van der Waals surface area contributed by atoms with E-state index >= 15 is 0 Å². The number of aromatic nitrogens is 1. The van der Waals surface area contributed by atoms with E-state index in [4.69, 9.17) is 0 Å². The molecule has 250 valence electrons. The molecule has 6 aromatic carbocycles. The number of hydrogen-bond acceptors (Lipinski definition) is 3. The largest absolute Gasteiger partial charge is 0.417 e. The maximum atomic E-state index is 14.9. The Morgan fingerprint density at radius 2 is 1.20 bits per heavy atom. The number of benzene rings is 6. The zero-order valence-electron chi connectivity index (χ0n) is 27.6. The predicted molar refractivity (Wildman–Crippen MR) is 191 cm³/mol. The van der Waals surface area contributed by atoms with Gasteiger partial charge in [-0.15, -0.1) is 0 Å². The van der Waals surface area contributed by atoms with E-state index in [1.165, 1.54) is 12.1 Å². The Kier molecular flexibility index (Phi) is 7.93. The van der Waals surface area contributed by atoms with Gasteiger partial charge in [-0.25, -0.2) is 4.39 Å². The van der Waals surface area contributed by atoms with Crippen LogP contribution < -0.4 is 4.90 Å². The van der Waals surface area contributed by atoms with E-state index in [2.05, 4.69) is 0 Å². The van der Waals surface area contributed by atoms with Crippen LogP contribution in [0.4, 0.5) is 40.3 Å². The van der Waals surface area contributed by atoms with E-state index in [1.807, 2.05) is 52.0 Å². The summed E-state index contributed by atoms with van der Waals surface area (Å²) in [6, 6.07) is 30.8. The molecule has 0 aliphatic rings. The molecule has 9 heteroatoms.